The molecule has 0 unspecified atom stereocenters. The van der Waals surface area contributed by atoms with E-state index in [1.54, 1.807) is 55.7 Å². The molecule has 2 aromatic carbocycles. The van der Waals surface area contributed by atoms with Crippen LogP contribution in [0.5, 0.6) is 0 Å². The van der Waals surface area contributed by atoms with Crippen molar-refractivity contribution in [1.82, 2.24) is 24.9 Å². The Morgan fingerprint density at radius 2 is 2.05 bits per heavy atom. The highest BCUT2D eigenvalue weighted by Gasteiger charge is 2.40. The van der Waals surface area contributed by atoms with Crippen molar-refractivity contribution in [3.05, 3.63) is 65.6 Å². The monoisotopic (exact) mass is 604 g/mol. The second-order valence-electron chi connectivity index (χ2n) is 9.69. The van der Waals surface area contributed by atoms with Crippen molar-refractivity contribution in [2.45, 2.75) is 25.2 Å². The maximum absolute atomic E-state index is 14.7. The van der Waals surface area contributed by atoms with Crippen LogP contribution in [-0.4, -0.2) is 81.5 Å². The molecule has 0 spiro atoms. The number of amides is 3. The number of halogens is 2. The molecule has 3 N–H and O–H groups in total. The van der Waals surface area contributed by atoms with Gasteiger partial charge in [0.1, 0.15) is 30.8 Å². The lowest BCUT2D eigenvalue weighted by molar-refractivity contribution is -0.137. The van der Waals surface area contributed by atoms with E-state index in [0.717, 1.165) is 11.1 Å². The Balaban J connectivity index is 1.40. The number of hydrazone groups is 1. The van der Waals surface area contributed by atoms with Crippen LogP contribution in [0.3, 0.4) is 0 Å². The van der Waals surface area contributed by atoms with Gasteiger partial charge in [-0.15, -0.1) is 0 Å². The van der Waals surface area contributed by atoms with Crippen molar-refractivity contribution in [2.75, 3.05) is 23.9 Å². The number of carbonyl (C=O) groups excluding carboxylic acids is 3. The number of alkyl halides is 1. The molecule has 0 aliphatic carbocycles. The van der Waals surface area contributed by atoms with E-state index in [0.29, 0.717) is 27.3 Å². The molecule has 43 heavy (non-hydrogen) atoms. The molecule has 1 aliphatic heterocycles. The normalized spacial score (nSPS) is 16.5. The molecule has 220 valence electrons. The number of fused-ring (bicyclic) bond motifs is 1. The van der Waals surface area contributed by atoms with E-state index in [1.807, 2.05) is 0 Å². The Hall–Kier alpha value is -5.24. The van der Waals surface area contributed by atoms with Crippen molar-refractivity contribution in [3.8, 4) is 11.1 Å². The second-order valence-corrected chi connectivity index (χ2v) is 10.1. The number of hydrogen-bond donors (Lipinski definition) is 2. The molecule has 0 saturated carbocycles. The summed E-state index contributed by atoms with van der Waals surface area (Å²) in [6, 6.07) is 10.7. The molecule has 3 amide bonds. The Morgan fingerprint density at radius 1 is 1.23 bits per heavy atom. The quantitative estimate of drug-likeness (QED) is 0.168. The zero-order valence-corrected chi connectivity index (χ0v) is 23.6. The summed E-state index contributed by atoms with van der Waals surface area (Å²) in [5.41, 5.74) is 8.20. The SMILES string of the molecule is C=N/C=N\N(C)c1c(Cl)cccc1NC(=O)[C@@H]1C[C@@H](F)CN1C(=O)Cn1nc(C(N)=O)c2cc(-c3ccnnc3)ccc21. The number of likely N-dealkylation sites (tertiary alicyclic amines) is 1. The highest BCUT2D eigenvalue weighted by Crippen LogP contribution is 2.34. The number of para-hydroxylation sites is 1. The zero-order chi connectivity index (χ0) is 30.7. The van der Waals surface area contributed by atoms with Crippen molar-refractivity contribution in [2.24, 2.45) is 15.8 Å². The smallest absolute Gasteiger partial charge is 0.269 e. The lowest BCUT2D eigenvalue weighted by Crippen LogP contribution is -2.44. The van der Waals surface area contributed by atoms with Gasteiger partial charge in [0.15, 0.2) is 5.69 Å². The lowest BCUT2D eigenvalue weighted by Gasteiger charge is -2.25. The summed E-state index contributed by atoms with van der Waals surface area (Å²) in [6.07, 6.45) is 2.70. The van der Waals surface area contributed by atoms with Crippen molar-refractivity contribution >= 4 is 64.7 Å². The number of nitrogens with two attached hydrogens (primary N) is 1. The van der Waals surface area contributed by atoms with Crippen LogP contribution < -0.4 is 16.1 Å². The highest BCUT2D eigenvalue weighted by molar-refractivity contribution is 6.34. The summed E-state index contributed by atoms with van der Waals surface area (Å²) < 4.78 is 16.0. The molecule has 13 nitrogen and oxygen atoms in total. The molecule has 15 heteroatoms. The fourth-order valence-corrected chi connectivity index (χ4v) is 5.28. The number of nitrogens with one attached hydrogen (secondary N) is 1. The third-order valence-electron chi connectivity index (χ3n) is 6.93. The standard InChI is InChI=1S/C28H26ClFN10O3/c1-32-15-35-38(2)26-20(29)4-3-5-21(26)36-28(43)23-11-18(30)13-39(23)24(41)14-40-22-7-6-16(17-8-9-33-34-12-17)10-19(22)25(37-40)27(31)42/h3-10,12,15,18,23H,1,11,13-14H2,2H3,(H2,31,42)(H,36,43)/b35-15-/t18-,23+/m1/s1. The minimum Gasteiger partial charge on any atom is -0.364 e. The molecule has 5 rings (SSSR count). The van der Waals surface area contributed by atoms with Crippen LogP contribution in [0.4, 0.5) is 15.8 Å². The van der Waals surface area contributed by atoms with E-state index in [1.165, 1.54) is 27.1 Å². The Morgan fingerprint density at radius 3 is 2.77 bits per heavy atom. The molecule has 4 aromatic rings. The number of benzene rings is 2. The third kappa shape index (κ3) is 6.04. The van der Waals surface area contributed by atoms with Crippen molar-refractivity contribution in [3.63, 3.8) is 0 Å². The van der Waals surface area contributed by atoms with Gasteiger partial charge in [0.25, 0.3) is 5.91 Å². The average molecular weight is 605 g/mol. The fourth-order valence-electron chi connectivity index (χ4n) is 4.98. The summed E-state index contributed by atoms with van der Waals surface area (Å²) in [5.74, 6) is -1.94. The van der Waals surface area contributed by atoms with Crippen LogP contribution in [0, 0.1) is 0 Å². The van der Waals surface area contributed by atoms with Gasteiger partial charge in [0, 0.05) is 24.4 Å². The van der Waals surface area contributed by atoms with Gasteiger partial charge in [-0.2, -0.15) is 20.4 Å². The number of anilines is 2. The summed E-state index contributed by atoms with van der Waals surface area (Å²) in [4.78, 5) is 43.9. The van der Waals surface area contributed by atoms with Gasteiger partial charge in [-0.3, -0.25) is 29.1 Å². The van der Waals surface area contributed by atoms with Gasteiger partial charge in [-0.1, -0.05) is 23.7 Å². The average Bonchev–Trinajstić information content (AvgIpc) is 3.57. The van der Waals surface area contributed by atoms with E-state index >= 15 is 0 Å². The third-order valence-corrected chi connectivity index (χ3v) is 7.24. The number of hydrogen-bond acceptors (Lipinski definition) is 8. The summed E-state index contributed by atoms with van der Waals surface area (Å²) >= 11 is 6.37. The number of nitrogens with zero attached hydrogens (tertiary/aromatic N) is 8. The van der Waals surface area contributed by atoms with E-state index in [9.17, 15) is 18.8 Å². The van der Waals surface area contributed by atoms with Crippen molar-refractivity contribution < 1.29 is 18.8 Å². The zero-order valence-electron chi connectivity index (χ0n) is 22.9. The molecule has 2 aromatic heterocycles. The van der Waals surface area contributed by atoms with E-state index < -0.39 is 29.9 Å². The second kappa shape index (κ2) is 12.3. The Kier molecular flexibility index (Phi) is 8.39. The molecule has 1 saturated heterocycles. The minimum atomic E-state index is -1.42. The van der Waals surface area contributed by atoms with Gasteiger partial charge >= 0.3 is 0 Å². The van der Waals surface area contributed by atoms with Gasteiger partial charge in [0.05, 0.1) is 35.2 Å². The van der Waals surface area contributed by atoms with Gasteiger partial charge in [-0.05, 0) is 42.6 Å². The summed E-state index contributed by atoms with van der Waals surface area (Å²) in [7, 11) is 1.60. The summed E-state index contributed by atoms with van der Waals surface area (Å²) in [5, 5.41) is 20.9. The predicted octanol–water partition coefficient (Wildman–Crippen LogP) is 2.90. The first-order valence-electron chi connectivity index (χ1n) is 13.0. The molecule has 1 fully saturated rings. The van der Waals surface area contributed by atoms with Crippen LogP contribution in [0.2, 0.25) is 5.02 Å². The van der Waals surface area contributed by atoms with Gasteiger partial charge in [0.2, 0.25) is 11.8 Å². The molecule has 0 bridgehead atoms. The maximum Gasteiger partial charge on any atom is 0.269 e. The fraction of sp³-hybridized carbons (Fsp3) is 0.214. The van der Waals surface area contributed by atoms with E-state index in [2.05, 4.69) is 37.4 Å². The van der Waals surface area contributed by atoms with Crippen LogP contribution in [0.25, 0.3) is 22.0 Å². The Bertz CT molecular complexity index is 1750. The topological polar surface area (TPSA) is 164 Å². The molecular formula is C28H26ClFN10O3. The Labute approximate surface area is 249 Å². The van der Waals surface area contributed by atoms with Crippen LogP contribution in [-0.2, 0) is 16.1 Å². The minimum absolute atomic E-state index is 0.0299. The molecule has 3 heterocycles. The van der Waals surface area contributed by atoms with Crippen LogP contribution in [0.15, 0.2) is 65.0 Å². The van der Waals surface area contributed by atoms with Gasteiger partial charge < -0.3 is 16.0 Å². The molecule has 0 radical (unpaired) electrons. The van der Waals surface area contributed by atoms with Crippen LogP contribution >= 0.6 is 11.6 Å². The summed E-state index contributed by atoms with van der Waals surface area (Å²) in [6.45, 7) is 2.70. The first-order valence-corrected chi connectivity index (χ1v) is 13.4. The number of aromatic nitrogens is 4. The van der Waals surface area contributed by atoms with Gasteiger partial charge in [-0.25, -0.2) is 4.39 Å². The van der Waals surface area contributed by atoms with Crippen LogP contribution in [0.1, 0.15) is 16.9 Å². The molecule has 2 atom stereocenters. The number of carbonyl (C=O) groups is 3. The first kappa shape index (κ1) is 29.3. The number of primary amides is 1. The molecule has 1 aliphatic rings. The predicted molar refractivity (Wildman–Crippen MR) is 161 cm³/mol. The highest BCUT2D eigenvalue weighted by atomic mass is 35.5. The van der Waals surface area contributed by atoms with Crippen molar-refractivity contribution in [1.29, 1.82) is 0 Å². The van der Waals surface area contributed by atoms with E-state index in [4.69, 9.17) is 17.3 Å². The number of rotatable bonds is 9. The molecular weight excluding hydrogens is 579 g/mol. The largest absolute Gasteiger partial charge is 0.364 e. The first-order chi connectivity index (χ1) is 20.7. The number of aliphatic imine (C=N–C) groups is 1. The maximum atomic E-state index is 14.7. The lowest BCUT2D eigenvalue weighted by atomic mass is 10.0. The van der Waals surface area contributed by atoms with E-state index in [-0.39, 0.29) is 25.2 Å².